The van der Waals surface area contributed by atoms with E-state index in [1.807, 2.05) is 6.92 Å². The zero-order valence-corrected chi connectivity index (χ0v) is 9.98. The lowest BCUT2D eigenvalue weighted by molar-refractivity contribution is -0.137. The van der Waals surface area contributed by atoms with Crippen LogP contribution in [0.3, 0.4) is 0 Å². The van der Waals surface area contributed by atoms with E-state index in [1.165, 1.54) is 6.42 Å². The van der Waals surface area contributed by atoms with Crippen LogP contribution in [0.15, 0.2) is 0 Å². The summed E-state index contributed by atoms with van der Waals surface area (Å²) in [4.78, 5) is 23.5. The van der Waals surface area contributed by atoms with Gasteiger partial charge in [-0.2, -0.15) is 0 Å². The Morgan fingerprint density at radius 2 is 2.24 bits per heavy atom. The van der Waals surface area contributed by atoms with E-state index in [-0.39, 0.29) is 19.1 Å². The van der Waals surface area contributed by atoms with Crippen molar-refractivity contribution < 1.29 is 14.7 Å². The normalized spacial score (nSPS) is 16.5. The van der Waals surface area contributed by atoms with Crippen LogP contribution < -0.4 is 5.32 Å². The van der Waals surface area contributed by atoms with Crippen molar-refractivity contribution in [1.82, 2.24) is 10.2 Å². The SMILES string of the molecule is C#CCN(CC(=O)O)C(=O)NC(C)C1CCC1. The highest BCUT2D eigenvalue weighted by Crippen LogP contribution is 2.29. The molecule has 94 valence electrons. The van der Waals surface area contributed by atoms with E-state index in [9.17, 15) is 9.59 Å². The van der Waals surface area contributed by atoms with Gasteiger partial charge in [0.2, 0.25) is 0 Å². The van der Waals surface area contributed by atoms with E-state index in [1.54, 1.807) is 0 Å². The molecule has 5 heteroatoms. The lowest BCUT2D eigenvalue weighted by atomic mass is 9.80. The van der Waals surface area contributed by atoms with E-state index in [2.05, 4.69) is 11.2 Å². The number of hydrogen-bond acceptors (Lipinski definition) is 2. The number of carboxylic acids is 1. The Kier molecular flexibility index (Phi) is 4.83. The number of aliphatic carboxylic acids is 1. The zero-order chi connectivity index (χ0) is 12.8. The Labute approximate surface area is 101 Å². The van der Waals surface area contributed by atoms with Crippen LogP contribution in [-0.2, 0) is 4.79 Å². The van der Waals surface area contributed by atoms with Crippen LogP contribution in [0.2, 0.25) is 0 Å². The molecule has 1 saturated carbocycles. The fraction of sp³-hybridized carbons (Fsp3) is 0.667. The number of carbonyl (C=O) groups is 2. The van der Waals surface area contributed by atoms with Crippen molar-refractivity contribution in [2.45, 2.75) is 32.2 Å². The van der Waals surface area contributed by atoms with E-state index >= 15 is 0 Å². The minimum absolute atomic E-state index is 0.00944. The van der Waals surface area contributed by atoms with E-state index in [0.717, 1.165) is 17.7 Å². The Bertz CT molecular complexity index is 331. The van der Waals surface area contributed by atoms with Crippen LogP contribution in [0.25, 0.3) is 0 Å². The number of carbonyl (C=O) groups excluding carboxylic acids is 1. The van der Waals surface area contributed by atoms with Crippen molar-refractivity contribution in [2.24, 2.45) is 5.92 Å². The molecule has 0 aliphatic heterocycles. The number of amides is 2. The van der Waals surface area contributed by atoms with Crippen molar-refractivity contribution in [3.63, 3.8) is 0 Å². The molecular weight excluding hydrogens is 220 g/mol. The van der Waals surface area contributed by atoms with Crippen molar-refractivity contribution in [2.75, 3.05) is 13.1 Å². The second kappa shape index (κ2) is 6.14. The Morgan fingerprint density at radius 1 is 1.59 bits per heavy atom. The molecule has 2 N–H and O–H groups in total. The summed E-state index contributed by atoms with van der Waals surface area (Å²) in [5.41, 5.74) is 0. The summed E-state index contributed by atoms with van der Waals surface area (Å²) in [5, 5.41) is 11.5. The predicted octanol–water partition coefficient (Wildman–Crippen LogP) is 0.904. The third-order valence-corrected chi connectivity index (χ3v) is 3.10. The van der Waals surface area contributed by atoms with Gasteiger partial charge < -0.3 is 15.3 Å². The Morgan fingerprint density at radius 3 is 2.65 bits per heavy atom. The second-order valence-electron chi connectivity index (χ2n) is 4.38. The van der Waals surface area contributed by atoms with E-state index < -0.39 is 12.0 Å². The smallest absolute Gasteiger partial charge is 0.323 e. The molecule has 0 saturated heterocycles. The number of rotatable bonds is 5. The molecule has 0 radical (unpaired) electrons. The van der Waals surface area contributed by atoms with Crippen molar-refractivity contribution in [1.29, 1.82) is 0 Å². The molecule has 1 aliphatic rings. The standard InChI is InChI=1S/C12H18N2O3/c1-3-7-14(8-11(15)16)12(17)13-9(2)10-5-4-6-10/h1,9-10H,4-8H2,2H3,(H,13,17)(H,15,16). The molecule has 1 fully saturated rings. The Hall–Kier alpha value is -1.70. The molecule has 2 amide bonds. The average Bonchev–Trinajstić information content (AvgIpc) is 2.13. The van der Waals surface area contributed by atoms with Gasteiger partial charge in [-0.05, 0) is 25.7 Å². The second-order valence-corrected chi connectivity index (χ2v) is 4.38. The Balaban J connectivity index is 2.46. The first kappa shape index (κ1) is 13.4. The van der Waals surface area contributed by atoms with Crippen LogP contribution in [0.5, 0.6) is 0 Å². The van der Waals surface area contributed by atoms with Crippen LogP contribution in [0, 0.1) is 18.3 Å². The molecule has 17 heavy (non-hydrogen) atoms. The van der Waals surface area contributed by atoms with Gasteiger partial charge in [0.15, 0.2) is 0 Å². The van der Waals surface area contributed by atoms with Crippen LogP contribution in [-0.4, -0.2) is 41.1 Å². The number of hydrogen-bond donors (Lipinski definition) is 2. The summed E-state index contributed by atoms with van der Waals surface area (Å²) in [7, 11) is 0. The fourth-order valence-electron chi connectivity index (χ4n) is 1.82. The lowest BCUT2D eigenvalue weighted by Gasteiger charge is -2.33. The molecular formula is C12H18N2O3. The summed E-state index contributed by atoms with van der Waals surface area (Å²) in [6.07, 6.45) is 8.55. The number of terminal acetylenes is 1. The third kappa shape index (κ3) is 3.99. The number of urea groups is 1. The quantitative estimate of drug-likeness (QED) is 0.699. The molecule has 0 aromatic carbocycles. The first-order valence-electron chi connectivity index (χ1n) is 5.75. The topological polar surface area (TPSA) is 69.6 Å². The predicted molar refractivity (Wildman–Crippen MR) is 63.4 cm³/mol. The highest BCUT2D eigenvalue weighted by Gasteiger charge is 2.26. The van der Waals surface area contributed by atoms with Gasteiger partial charge in [0.05, 0.1) is 6.54 Å². The fourth-order valence-corrected chi connectivity index (χ4v) is 1.82. The summed E-state index contributed by atoms with van der Waals surface area (Å²) in [6, 6.07) is -0.324. The van der Waals surface area contributed by atoms with Gasteiger partial charge in [-0.15, -0.1) is 6.42 Å². The molecule has 0 aromatic heterocycles. The van der Waals surface area contributed by atoms with Gasteiger partial charge in [-0.3, -0.25) is 4.79 Å². The first-order valence-corrected chi connectivity index (χ1v) is 5.75. The average molecular weight is 238 g/mol. The zero-order valence-electron chi connectivity index (χ0n) is 9.98. The van der Waals surface area contributed by atoms with Crippen LogP contribution in [0.4, 0.5) is 4.79 Å². The van der Waals surface area contributed by atoms with Crippen molar-refractivity contribution in [3.8, 4) is 12.3 Å². The molecule has 0 bridgehead atoms. The monoisotopic (exact) mass is 238 g/mol. The minimum Gasteiger partial charge on any atom is -0.480 e. The molecule has 1 rings (SSSR count). The van der Waals surface area contributed by atoms with Crippen molar-refractivity contribution >= 4 is 12.0 Å². The highest BCUT2D eigenvalue weighted by molar-refractivity contribution is 5.80. The highest BCUT2D eigenvalue weighted by atomic mass is 16.4. The maximum absolute atomic E-state index is 11.8. The maximum Gasteiger partial charge on any atom is 0.323 e. The van der Waals surface area contributed by atoms with E-state index in [4.69, 9.17) is 11.5 Å². The van der Waals surface area contributed by atoms with Gasteiger partial charge in [0, 0.05) is 6.04 Å². The molecule has 0 heterocycles. The number of carboxylic acid groups (broad SMARTS) is 1. The summed E-state index contributed by atoms with van der Waals surface area (Å²) >= 11 is 0. The van der Waals surface area contributed by atoms with Gasteiger partial charge in [-0.25, -0.2) is 4.79 Å². The lowest BCUT2D eigenvalue weighted by Crippen LogP contribution is -2.49. The molecule has 1 aliphatic carbocycles. The molecule has 1 atom stereocenters. The van der Waals surface area contributed by atoms with Crippen LogP contribution in [0.1, 0.15) is 26.2 Å². The molecule has 1 unspecified atom stereocenters. The summed E-state index contributed by atoms with van der Waals surface area (Å²) in [5.74, 6) is 1.73. The van der Waals surface area contributed by atoms with Gasteiger partial charge in [0.25, 0.3) is 0 Å². The van der Waals surface area contributed by atoms with Gasteiger partial charge >= 0.3 is 12.0 Å². The maximum atomic E-state index is 11.8. The largest absolute Gasteiger partial charge is 0.480 e. The van der Waals surface area contributed by atoms with Crippen molar-refractivity contribution in [3.05, 3.63) is 0 Å². The van der Waals surface area contributed by atoms with E-state index in [0.29, 0.717) is 5.92 Å². The number of nitrogens with zero attached hydrogens (tertiary/aromatic N) is 1. The molecule has 0 spiro atoms. The summed E-state index contributed by atoms with van der Waals surface area (Å²) in [6.45, 7) is 1.58. The minimum atomic E-state index is -1.06. The van der Waals surface area contributed by atoms with Gasteiger partial charge in [0.1, 0.15) is 6.54 Å². The first-order chi connectivity index (χ1) is 8.04. The third-order valence-electron chi connectivity index (χ3n) is 3.10. The summed E-state index contributed by atoms with van der Waals surface area (Å²) < 4.78 is 0. The molecule has 5 nitrogen and oxygen atoms in total. The number of nitrogens with one attached hydrogen (secondary N) is 1. The molecule has 0 aromatic rings. The van der Waals surface area contributed by atoms with Gasteiger partial charge in [-0.1, -0.05) is 12.3 Å². The van der Waals surface area contributed by atoms with Crippen LogP contribution >= 0.6 is 0 Å².